The van der Waals surface area contributed by atoms with Crippen molar-refractivity contribution in [1.29, 1.82) is 0 Å². The van der Waals surface area contributed by atoms with E-state index in [0.29, 0.717) is 6.54 Å². The molecule has 2 rings (SSSR count). The second kappa shape index (κ2) is 6.28. The molecule has 0 radical (unpaired) electrons. The second-order valence-electron chi connectivity index (χ2n) is 4.23. The van der Waals surface area contributed by atoms with E-state index in [1.807, 2.05) is 24.5 Å². The molecule has 2 aromatic heterocycles. The fourth-order valence-corrected chi connectivity index (χ4v) is 1.78. The van der Waals surface area contributed by atoms with Crippen LogP contribution in [0.25, 0.3) is 11.3 Å². The lowest BCUT2D eigenvalue weighted by Gasteiger charge is -1.99. The summed E-state index contributed by atoms with van der Waals surface area (Å²) >= 11 is 0. The molecule has 0 saturated heterocycles. The monoisotopic (exact) mass is 245 g/mol. The number of nitrogens with one attached hydrogen (secondary N) is 1. The van der Waals surface area contributed by atoms with Crippen LogP contribution in [0.15, 0.2) is 24.5 Å². The van der Waals surface area contributed by atoms with E-state index in [-0.39, 0.29) is 0 Å². The van der Waals surface area contributed by atoms with Gasteiger partial charge in [-0.25, -0.2) is 4.98 Å². The van der Waals surface area contributed by atoms with Gasteiger partial charge in [0.05, 0.1) is 17.6 Å². The Hall–Kier alpha value is -1.72. The number of nitrogens with zero attached hydrogens (tertiary/aromatic N) is 2. The van der Waals surface area contributed by atoms with Gasteiger partial charge in [-0.3, -0.25) is 4.98 Å². The molecule has 0 fully saturated rings. The second-order valence-corrected chi connectivity index (χ2v) is 4.23. The van der Waals surface area contributed by atoms with Crippen LogP contribution in [-0.2, 0) is 13.0 Å². The Morgan fingerprint density at radius 1 is 1.06 bits per heavy atom. The SMILES string of the molecule is NCCCCc1ncc(-c2ccc(CN)nc2)[nH]1. The number of hydrogen-bond acceptors (Lipinski definition) is 4. The minimum atomic E-state index is 0.466. The average Bonchev–Trinajstić information content (AvgIpc) is 2.88. The van der Waals surface area contributed by atoms with Crippen molar-refractivity contribution in [3.63, 3.8) is 0 Å². The summed E-state index contributed by atoms with van der Waals surface area (Å²) in [5.41, 5.74) is 13.9. The molecule has 2 heterocycles. The van der Waals surface area contributed by atoms with E-state index in [1.165, 1.54) is 0 Å². The summed E-state index contributed by atoms with van der Waals surface area (Å²) in [5.74, 6) is 1.00. The van der Waals surface area contributed by atoms with Gasteiger partial charge in [0.15, 0.2) is 0 Å². The highest BCUT2D eigenvalue weighted by atomic mass is 14.9. The highest BCUT2D eigenvalue weighted by molar-refractivity contribution is 5.57. The Labute approximate surface area is 107 Å². The predicted octanol–water partition coefficient (Wildman–Crippen LogP) is 1.21. The number of hydrogen-bond donors (Lipinski definition) is 3. The van der Waals surface area contributed by atoms with Crippen molar-refractivity contribution < 1.29 is 0 Å². The maximum Gasteiger partial charge on any atom is 0.106 e. The number of H-pyrrole nitrogens is 1. The minimum absolute atomic E-state index is 0.466. The van der Waals surface area contributed by atoms with Gasteiger partial charge in [0.25, 0.3) is 0 Å². The summed E-state index contributed by atoms with van der Waals surface area (Å²) in [6.45, 7) is 1.20. The van der Waals surface area contributed by atoms with Crippen molar-refractivity contribution in [2.24, 2.45) is 11.5 Å². The molecule has 0 aliphatic rings. The number of aromatic nitrogens is 3. The Bertz CT molecular complexity index is 474. The van der Waals surface area contributed by atoms with E-state index in [1.54, 1.807) is 0 Å². The fraction of sp³-hybridized carbons (Fsp3) is 0.385. The van der Waals surface area contributed by atoms with E-state index < -0.39 is 0 Å². The number of rotatable bonds is 6. The summed E-state index contributed by atoms with van der Waals surface area (Å²) in [6, 6.07) is 3.94. The predicted molar refractivity (Wildman–Crippen MR) is 71.7 cm³/mol. The van der Waals surface area contributed by atoms with E-state index in [4.69, 9.17) is 11.5 Å². The van der Waals surface area contributed by atoms with Gasteiger partial charge in [0.2, 0.25) is 0 Å². The van der Waals surface area contributed by atoms with Gasteiger partial charge < -0.3 is 16.5 Å². The molecule has 5 heteroatoms. The average molecular weight is 245 g/mol. The van der Waals surface area contributed by atoms with Crippen LogP contribution >= 0.6 is 0 Å². The summed E-state index contributed by atoms with van der Waals surface area (Å²) in [7, 11) is 0. The topological polar surface area (TPSA) is 93.6 Å². The van der Waals surface area contributed by atoms with Gasteiger partial charge in [-0.2, -0.15) is 0 Å². The first-order chi connectivity index (χ1) is 8.83. The minimum Gasteiger partial charge on any atom is -0.342 e. The molecule has 0 aromatic carbocycles. The van der Waals surface area contributed by atoms with E-state index in [9.17, 15) is 0 Å². The smallest absolute Gasteiger partial charge is 0.106 e. The normalized spacial score (nSPS) is 10.8. The summed E-state index contributed by atoms with van der Waals surface area (Å²) in [5, 5.41) is 0. The van der Waals surface area contributed by atoms with Crippen LogP contribution in [-0.4, -0.2) is 21.5 Å². The third kappa shape index (κ3) is 3.15. The molecule has 0 unspecified atom stereocenters. The van der Waals surface area contributed by atoms with Gasteiger partial charge in [0, 0.05) is 24.7 Å². The van der Waals surface area contributed by atoms with Crippen LogP contribution in [0, 0.1) is 0 Å². The van der Waals surface area contributed by atoms with Crippen molar-refractivity contribution in [3.8, 4) is 11.3 Å². The zero-order chi connectivity index (χ0) is 12.8. The lowest BCUT2D eigenvalue weighted by molar-refractivity contribution is 0.723. The molecule has 0 atom stereocenters. The van der Waals surface area contributed by atoms with E-state index >= 15 is 0 Å². The Kier molecular flexibility index (Phi) is 4.44. The van der Waals surface area contributed by atoms with Gasteiger partial charge in [0.1, 0.15) is 5.82 Å². The number of pyridine rings is 1. The zero-order valence-corrected chi connectivity index (χ0v) is 10.4. The van der Waals surface area contributed by atoms with Crippen molar-refractivity contribution in [2.75, 3.05) is 6.54 Å². The molecule has 0 aliphatic carbocycles. The fourth-order valence-electron chi connectivity index (χ4n) is 1.78. The number of unbranched alkanes of at least 4 members (excludes halogenated alkanes) is 1. The zero-order valence-electron chi connectivity index (χ0n) is 10.4. The van der Waals surface area contributed by atoms with Crippen LogP contribution in [0.1, 0.15) is 24.4 Å². The third-order valence-corrected chi connectivity index (χ3v) is 2.84. The molecule has 0 amide bonds. The van der Waals surface area contributed by atoms with Crippen molar-refractivity contribution in [3.05, 3.63) is 36.0 Å². The summed E-state index contributed by atoms with van der Waals surface area (Å²) < 4.78 is 0. The summed E-state index contributed by atoms with van der Waals surface area (Å²) in [4.78, 5) is 11.9. The van der Waals surface area contributed by atoms with Gasteiger partial charge >= 0.3 is 0 Å². The molecule has 0 spiro atoms. The van der Waals surface area contributed by atoms with Crippen LogP contribution in [0.5, 0.6) is 0 Å². The number of aromatic amines is 1. The molecule has 0 aliphatic heterocycles. The summed E-state index contributed by atoms with van der Waals surface area (Å²) in [6.07, 6.45) is 6.69. The first kappa shape index (κ1) is 12.7. The Morgan fingerprint density at radius 3 is 2.61 bits per heavy atom. The number of nitrogens with two attached hydrogens (primary N) is 2. The van der Waals surface area contributed by atoms with Gasteiger partial charge in [-0.15, -0.1) is 0 Å². The van der Waals surface area contributed by atoms with Crippen LogP contribution in [0.4, 0.5) is 0 Å². The highest BCUT2D eigenvalue weighted by Crippen LogP contribution is 2.16. The molecule has 5 N–H and O–H groups in total. The maximum absolute atomic E-state index is 5.52. The van der Waals surface area contributed by atoms with Crippen LogP contribution < -0.4 is 11.5 Å². The van der Waals surface area contributed by atoms with Crippen molar-refractivity contribution in [2.45, 2.75) is 25.8 Å². The van der Waals surface area contributed by atoms with E-state index in [2.05, 4.69) is 15.0 Å². The van der Waals surface area contributed by atoms with Crippen molar-refractivity contribution in [1.82, 2.24) is 15.0 Å². The van der Waals surface area contributed by atoms with Crippen molar-refractivity contribution >= 4 is 0 Å². The molecule has 0 bridgehead atoms. The first-order valence-electron chi connectivity index (χ1n) is 6.23. The first-order valence-corrected chi connectivity index (χ1v) is 6.23. The number of aryl methyl sites for hydroxylation is 1. The molecule has 0 saturated carbocycles. The molecule has 96 valence electrons. The molecular formula is C13H19N5. The third-order valence-electron chi connectivity index (χ3n) is 2.84. The highest BCUT2D eigenvalue weighted by Gasteiger charge is 2.03. The molecular weight excluding hydrogens is 226 g/mol. The lowest BCUT2D eigenvalue weighted by Crippen LogP contribution is -1.99. The largest absolute Gasteiger partial charge is 0.342 e. The number of imidazole rings is 1. The molecule has 5 nitrogen and oxygen atoms in total. The maximum atomic E-state index is 5.52. The van der Waals surface area contributed by atoms with Crippen LogP contribution in [0.3, 0.4) is 0 Å². The quantitative estimate of drug-likeness (QED) is 0.667. The Morgan fingerprint density at radius 2 is 1.94 bits per heavy atom. The van der Waals surface area contributed by atoms with Crippen LogP contribution in [0.2, 0.25) is 0 Å². The molecule has 18 heavy (non-hydrogen) atoms. The van der Waals surface area contributed by atoms with Gasteiger partial charge in [-0.1, -0.05) is 0 Å². The van der Waals surface area contributed by atoms with E-state index in [0.717, 1.165) is 48.6 Å². The lowest BCUT2D eigenvalue weighted by atomic mass is 10.2. The Balaban J connectivity index is 2.04. The standard InChI is InChI=1S/C13H19N5/c14-6-2-1-3-13-17-9-12(18-13)10-4-5-11(7-15)16-8-10/h4-5,8-9H,1-3,6-7,14-15H2,(H,17,18). The molecule has 2 aromatic rings. The van der Waals surface area contributed by atoms with Gasteiger partial charge in [-0.05, 0) is 31.5 Å².